The molecule has 0 amide bonds. The minimum atomic E-state index is -0.597. The van der Waals surface area contributed by atoms with E-state index in [4.69, 9.17) is 55.9 Å². The molecule has 180 valence electrons. The predicted octanol–water partition coefficient (Wildman–Crippen LogP) is 8.00. The number of rotatable bonds is 4. The molecular weight excluding hydrogens is 570 g/mol. The fourth-order valence-corrected chi connectivity index (χ4v) is 3.61. The Balaban J connectivity index is 0. The summed E-state index contributed by atoms with van der Waals surface area (Å²) < 4.78 is 19.6. The number of hydrogen-bond donors (Lipinski definition) is 0. The highest BCUT2D eigenvalue weighted by atomic mass is 79.9. The molecule has 2 aromatic rings. The summed E-state index contributed by atoms with van der Waals surface area (Å²) in [6.07, 6.45) is 0. The van der Waals surface area contributed by atoms with Gasteiger partial charge in [0.05, 0.1) is 48.5 Å². The molecule has 0 aliphatic rings. The van der Waals surface area contributed by atoms with E-state index in [0.717, 1.165) is 0 Å². The molecule has 0 spiro atoms. The largest absolute Gasteiger partial charge is 0.494 e. The zero-order valence-electron chi connectivity index (χ0n) is 17.6. The second kappa shape index (κ2) is 16.3. The number of carbonyl (C=O) groups excluding carboxylic acids is 2. The first-order valence-electron chi connectivity index (χ1n) is 8.54. The van der Waals surface area contributed by atoms with Gasteiger partial charge in [0.2, 0.25) is 0 Å². The SMILES string of the molecule is C.CC.COC(=O)c1c(Cl)c(Br)cc(Cl)c1OC.COC(=O)c1c(Cl)ccc(Cl)c1OC. The van der Waals surface area contributed by atoms with Crippen molar-refractivity contribution in [1.29, 1.82) is 0 Å². The van der Waals surface area contributed by atoms with Crippen LogP contribution in [-0.2, 0) is 9.47 Å². The first kappa shape index (κ1) is 32.8. The summed E-state index contributed by atoms with van der Waals surface area (Å²) in [7, 11) is 5.33. The van der Waals surface area contributed by atoms with Crippen molar-refractivity contribution in [2.45, 2.75) is 21.3 Å². The lowest BCUT2D eigenvalue weighted by molar-refractivity contribution is 0.0588. The highest BCUT2D eigenvalue weighted by Gasteiger charge is 2.22. The zero-order chi connectivity index (χ0) is 24.3. The maximum Gasteiger partial charge on any atom is 0.343 e. The molecule has 0 heterocycles. The van der Waals surface area contributed by atoms with Crippen molar-refractivity contribution in [3.05, 3.63) is 53.9 Å². The van der Waals surface area contributed by atoms with Gasteiger partial charge in [-0.15, -0.1) is 0 Å². The van der Waals surface area contributed by atoms with Gasteiger partial charge in [-0.2, -0.15) is 0 Å². The summed E-state index contributed by atoms with van der Waals surface area (Å²) >= 11 is 26.6. The molecule has 0 atom stereocenters. The number of hydrogen-bond acceptors (Lipinski definition) is 6. The van der Waals surface area contributed by atoms with Crippen LogP contribution in [0, 0.1) is 0 Å². The van der Waals surface area contributed by atoms with Crippen LogP contribution in [0.15, 0.2) is 22.7 Å². The summed E-state index contributed by atoms with van der Waals surface area (Å²) in [4.78, 5) is 22.8. The minimum Gasteiger partial charge on any atom is -0.494 e. The van der Waals surface area contributed by atoms with E-state index >= 15 is 0 Å². The van der Waals surface area contributed by atoms with Crippen molar-refractivity contribution in [1.82, 2.24) is 0 Å². The Hall–Kier alpha value is -1.38. The summed E-state index contributed by atoms with van der Waals surface area (Å²) in [5, 5.41) is 1.06. The molecule has 6 nitrogen and oxygen atoms in total. The van der Waals surface area contributed by atoms with E-state index in [2.05, 4.69) is 25.4 Å². The van der Waals surface area contributed by atoms with E-state index in [0.29, 0.717) is 9.50 Å². The lowest BCUT2D eigenvalue weighted by atomic mass is 10.2. The van der Waals surface area contributed by atoms with Crippen LogP contribution in [0.2, 0.25) is 20.1 Å². The molecule has 0 N–H and O–H groups in total. The molecule has 0 aliphatic carbocycles. The molecule has 32 heavy (non-hydrogen) atoms. The highest BCUT2D eigenvalue weighted by Crippen LogP contribution is 2.39. The number of benzene rings is 2. The molecule has 0 saturated carbocycles. The van der Waals surface area contributed by atoms with E-state index in [9.17, 15) is 9.59 Å². The summed E-state index contributed by atoms with van der Waals surface area (Å²) in [5.74, 6) is -0.739. The number of ether oxygens (including phenoxy) is 4. The number of methoxy groups -OCH3 is 4. The molecular formula is C21H25BrCl4O6. The van der Waals surface area contributed by atoms with Gasteiger partial charge in [-0.1, -0.05) is 67.7 Å². The monoisotopic (exact) mass is 592 g/mol. The second-order valence-electron chi connectivity index (χ2n) is 4.98. The average Bonchev–Trinajstić information content (AvgIpc) is 2.78. The minimum absolute atomic E-state index is 0. The van der Waals surface area contributed by atoms with Crippen LogP contribution in [0.25, 0.3) is 0 Å². The zero-order valence-corrected chi connectivity index (χ0v) is 22.2. The van der Waals surface area contributed by atoms with Gasteiger partial charge in [0.1, 0.15) is 11.1 Å². The number of carbonyl (C=O) groups is 2. The molecule has 0 saturated heterocycles. The van der Waals surface area contributed by atoms with Crippen LogP contribution in [0.4, 0.5) is 0 Å². The van der Waals surface area contributed by atoms with E-state index in [1.54, 1.807) is 12.1 Å². The Labute approximate surface area is 217 Å². The molecule has 0 aromatic heterocycles. The fraction of sp³-hybridized carbons (Fsp3) is 0.333. The topological polar surface area (TPSA) is 71.1 Å². The molecule has 0 unspecified atom stereocenters. The van der Waals surface area contributed by atoms with Gasteiger partial charge < -0.3 is 18.9 Å². The van der Waals surface area contributed by atoms with E-state index in [1.807, 2.05) is 13.8 Å². The lowest BCUT2D eigenvalue weighted by Gasteiger charge is -2.11. The smallest absolute Gasteiger partial charge is 0.343 e. The van der Waals surface area contributed by atoms with Crippen molar-refractivity contribution in [2.24, 2.45) is 0 Å². The van der Waals surface area contributed by atoms with E-state index < -0.39 is 11.9 Å². The van der Waals surface area contributed by atoms with Gasteiger partial charge in [-0.25, -0.2) is 9.59 Å². The van der Waals surface area contributed by atoms with Gasteiger partial charge >= 0.3 is 11.9 Å². The summed E-state index contributed by atoms with van der Waals surface area (Å²) in [5.41, 5.74) is 0.255. The van der Waals surface area contributed by atoms with E-state index in [-0.39, 0.29) is 45.1 Å². The molecule has 11 heteroatoms. The van der Waals surface area contributed by atoms with Crippen LogP contribution < -0.4 is 9.47 Å². The Bertz CT molecular complexity index is 922. The normalized spacial score (nSPS) is 9.09. The Morgan fingerprint density at radius 2 is 1.16 bits per heavy atom. The van der Waals surface area contributed by atoms with Gasteiger partial charge in [0, 0.05) is 4.47 Å². The first-order chi connectivity index (χ1) is 14.6. The third kappa shape index (κ3) is 8.19. The number of esters is 2. The summed E-state index contributed by atoms with van der Waals surface area (Å²) in [6, 6.07) is 4.61. The Morgan fingerprint density at radius 1 is 0.750 bits per heavy atom. The Morgan fingerprint density at radius 3 is 1.59 bits per heavy atom. The number of halogens is 5. The van der Waals surface area contributed by atoms with Crippen LogP contribution in [0.5, 0.6) is 11.5 Å². The van der Waals surface area contributed by atoms with Gasteiger partial charge in [0.25, 0.3) is 0 Å². The Kier molecular flexibility index (Phi) is 16.7. The standard InChI is InChI=1S/C9H7BrCl2O3.C9H8Cl2O3.C2H6.CH4/c1-14-8-5(11)3-4(10)7(12)6(8)9(13)15-2;1-13-8-6(11)4-3-5(10)7(8)9(12)14-2;1-2;/h3H,1-2H3;3-4H,1-2H3;1-2H3;1H4. The fourth-order valence-electron chi connectivity index (χ4n) is 2.09. The van der Waals surface area contributed by atoms with Gasteiger partial charge in [-0.3, -0.25) is 0 Å². The quantitative estimate of drug-likeness (QED) is 0.264. The van der Waals surface area contributed by atoms with Crippen molar-refractivity contribution in [2.75, 3.05) is 28.4 Å². The molecule has 0 aliphatic heterocycles. The molecule has 0 bridgehead atoms. The van der Waals surface area contributed by atoms with Gasteiger partial charge in [-0.05, 0) is 34.1 Å². The van der Waals surface area contributed by atoms with Crippen LogP contribution in [0.1, 0.15) is 42.0 Å². The summed E-state index contributed by atoms with van der Waals surface area (Å²) in [6.45, 7) is 4.00. The average molecular weight is 595 g/mol. The first-order valence-corrected chi connectivity index (χ1v) is 10.8. The van der Waals surface area contributed by atoms with Crippen LogP contribution in [-0.4, -0.2) is 40.4 Å². The maximum atomic E-state index is 11.5. The maximum absolute atomic E-state index is 11.5. The van der Waals surface area contributed by atoms with Crippen LogP contribution in [0.3, 0.4) is 0 Å². The third-order valence-corrected chi connectivity index (χ3v) is 5.51. The van der Waals surface area contributed by atoms with E-state index in [1.165, 1.54) is 34.5 Å². The molecule has 2 aromatic carbocycles. The molecule has 0 fully saturated rings. The lowest BCUT2D eigenvalue weighted by Crippen LogP contribution is -2.06. The van der Waals surface area contributed by atoms with Crippen molar-refractivity contribution in [3.63, 3.8) is 0 Å². The third-order valence-electron chi connectivity index (χ3n) is 3.37. The van der Waals surface area contributed by atoms with Crippen LogP contribution >= 0.6 is 62.3 Å². The van der Waals surface area contributed by atoms with Crippen molar-refractivity contribution < 1.29 is 28.5 Å². The van der Waals surface area contributed by atoms with Crippen molar-refractivity contribution >= 4 is 74.3 Å². The molecule has 2 rings (SSSR count). The van der Waals surface area contributed by atoms with Gasteiger partial charge in [0.15, 0.2) is 11.5 Å². The predicted molar refractivity (Wildman–Crippen MR) is 134 cm³/mol. The van der Waals surface area contributed by atoms with Crippen molar-refractivity contribution in [3.8, 4) is 11.5 Å². The highest BCUT2D eigenvalue weighted by molar-refractivity contribution is 9.10. The second-order valence-corrected chi connectivity index (χ2v) is 7.44. The molecule has 0 radical (unpaired) electrons.